The zero-order valence-electron chi connectivity index (χ0n) is 15.6. The number of nitrogens with one attached hydrogen (secondary N) is 3. The van der Waals surface area contributed by atoms with Crippen LogP contribution in [0.25, 0.3) is 10.9 Å². The van der Waals surface area contributed by atoms with Crippen molar-refractivity contribution in [3.8, 4) is 0 Å². The molecule has 2 aromatic rings. The Morgan fingerprint density at radius 1 is 1.26 bits per heavy atom. The Morgan fingerprint density at radius 3 is 2.85 bits per heavy atom. The molecule has 3 N–H and O–H groups in total. The molecule has 1 aliphatic carbocycles. The molecule has 1 saturated heterocycles. The standard InChI is InChI=1S/C19H26N6O2/c1-20-18(26)24-10-4-5-14(12-24)25(13-8-9-13)19(27)21-11-17-15-6-2-3-7-16(15)22-23-17/h2-3,6-7,13-14H,4-5,8-12H2,1H3,(H,20,26)(H,21,27)(H,22,23)/t14-/m1/s1. The fourth-order valence-electron chi connectivity index (χ4n) is 3.91. The number of para-hydroxylation sites is 1. The molecule has 8 heteroatoms. The SMILES string of the molecule is CNC(=O)N1CCC[C@@H](N(C(=O)NCc2[nH]nc3ccccc23)C2CC2)C1. The first-order valence-electron chi connectivity index (χ1n) is 9.62. The molecular weight excluding hydrogens is 344 g/mol. The highest BCUT2D eigenvalue weighted by atomic mass is 16.2. The molecule has 1 aromatic heterocycles. The molecule has 4 amide bonds. The molecule has 27 heavy (non-hydrogen) atoms. The molecule has 1 saturated carbocycles. The average molecular weight is 370 g/mol. The van der Waals surface area contributed by atoms with Crippen molar-refractivity contribution in [2.75, 3.05) is 20.1 Å². The van der Waals surface area contributed by atoms with Crippen molar-refractivity contribution in [2.45, 2.75) is 44.3 Å². The first-order valence-corrected chi connectivity index (χ1v) is 9.62. The first kappa shape index (κ1) is 17.6. The number of hydrogen-bond donors (Lipinski definition) is 3. The highest BCUT2D eigenvalue weighted by Crippen LogP contribution is 2.31. The lowest BCUT2D eigenvalue weighted by Gasteiger charge is -2.39. The van der Waals surface area contributed by atoms with E-state index in [9.17, 15) is 9.59 Å². The maximum absolute atomic E-state index is 13.0. The number of nitrogens with zero attached hydrogens (tertiary/aromatic N) is 3. The molecule has 0 radical (unpaired) electrons. The number of likely N-dealkylation sites (tertiary alicyclic amines) is 1. The fourth-order valence-corrected chi connectivity index (χ4v) is 3.91. The van der Waals surface area contributed by atoms with Crippen molar-refractivity contribution in [1.82, 2.24) is 30.6 Å². The Kier molecular flexibility index (Phi) is 4.87. The predicted molar refractivity (Wildman–Crippen MR) is 102 cm³/mol. The number of benzene rings is 1. The Hall–Kier alpha value is -2.77. The number of carbonyl (C=O) groups is 2. The maximum Gasteiger partial charge on any atom is 0.318 e. The van der Waals surface area contributed by atoms with Crippen LogP contribution in [0.5, 0.6) is 0 Å². The average Bonchev–Trinajstić information content (AvgIpc) is 3.45. The summed E-state index contributed by atoms with van der Waals surface area (Å²) < 4.78 is 0. The number of amides is 4. The van der Waals surface area contributed by atoms with E-state index in [0.29, 0.717) is 13.1 Å². The van der Waals surface area contributed by atoms with E-state index < -0.39 is 0 Å². The molecule has 2 fully saturated rings. The lowest BCUT2D eigenvalue weighted by molar-refractivity contribution is 0.116. The van der Waals surface area contributed by atoms with E-state index in [2.05, 4.69) is 20.8 Å². The molecule has 0 bridgehead atoms. The number of urea groups is 2. The molecule has 1 aliphatic heterocycles. The number of carbonyl (C=O) groups excluding carboxylic acids is 2. The number of aromatic nitrogens is 2. The molecule has 1 aromatic carbocycles. The van der Waals surface area contributed by atoms with Crippen molar-refractivity contribution in [3.63, 3.8) is 0 Å². The van der Waals surface area contributed by atoms with Crippen molar-refractivity contribution in [1.29, 1.82) is 0 Å². The summed E-state index contributed by atoms with van der Waals surface area (Å²) in [7, 11) is 1.64. The third-order valence-electron chi connectivity index (χ3n) is 5.42. The Morgan fingerprint density at radius 2 is 2.07 bits per heavy atom. The predicted octanol–water partition coefficient (Wildman–Crippen LogP) is 2.04. The van der Waals surface area contributed by atoms with Gasteiger partial charge in [-0.2, -0.15) is 5.10 Å². The summed E-state index contributed by atoms with van der Waals surface area (Å²) in [6, 6.07) is 8.10. The summed E-state index contributed by atoms with van der Waals surface area (Å²) in [5.41, 5.74) is 1.81. The third-order valence-corrected chi connectivity index (χ3v) is 5.42. The summed E-state index contributed by atoms with van der Waals surface area (Å²) in [4.78, 5) is 28.7. The highest BCUT2D eigenvalue weighted by Gasteiger charge is 2.39. The first-order chi connectivity index (χ1) is 13.2. The number of piperidine rings is 1. The van der Waals surface area contributed by atoms with Crippen molar-refractivity contribution in [2.24, 2.45) is 0 Å². The van der Waals surface area contributed by atoms with Crippen LogP contribution >= 0.6 is 0 Å². The monoisotopic (exact) mass is 370 g/mol. The van der Waals surface area contributed by atoms with Gasteiger partial charge in [0, 0.05) is 31.6 Å². The fraction of sp³-hybridized carbons (Fsp3) is 0.526. The Bertz CT molecular complexity index is 830. The van der Waals surface area contributed by atoms with Gasteiger partial charge in [0.05, 0.1) is 23.8 Å². The van der Waals surface area contributed by atoms with E-state index in [1.165, 1.54) is 0 Å². The van der Waals surface area contributed by atoms with Gasteiger partial charge in [0.2, 0.25) is 0 Å². The van der Waals surface area contributed by atoms with Gasteiger partial charge < -0.3 is 20.4 Å². The minimum absolute atomic E-state index is 0.0556. The van der Waals surface area contributed by atoms with E-state index in [4.69, 9.17) is 0 Å². The van der Waals surface area contributed by atoms with Gasteiger partial charge in [-0.05, 0) is 31.7 Å². The van der Waals surface area contributed by atoms with Crippen LogP contribution in [0, 0.1) is 0 Å². The van der Waals surface area contributed by atoms with Gasteiger partial charge >= 0.3 is 12.1 Å². The zero-order valence-corrected chi connectivity index (χ0v) is 15.6. The van der Waals surface area contributed by atoms with Gasteiger partial charge in [-0.1, -0.05) is 18.2 Å². The summed E-state index contributed by atoms with van der Waals surface area (Å²) in [5, 5.41) is 14.1. The number of aromatic amines is 1. The van der Waals surface area contributed by atoms with Crippen LogP contribution in [0.4, 0.5) is 9.59 Å². The van der Waals surface area contributed by atoms with E-state index in [-0.39, 0.29) is 24.1 Å². The van der Waals surface area contributed by atoms with Crippen molar-refractivity contribution < 1.29 is 9.59 Å². The Labute approximate surface area is 158 Å². The third kappa shape index (κ3) is 3.70. The zero-order chi connectivity index (χ0) is 18.8. The van der Waals surface area contributed by atoms with E-state index in [1.54, 1.807) is 11.9 Å². The van der Waals surface area contributed by atoms with Crippen LogP contribution in [0.2, 0.25) is 0 Å². The number of hydrogen-bond acceptors (Lipinski definition) is 3. The van der Waals surface area contributed by atoms with Crippen LogP contribution in [0.15, 0.2) is 24.3 Å². The molecule has 0 spiro atoms. The molecule has 1 atom stereocenters. The normalized spacial score (nSPS) is 19.7. The van der Waals surface area contributed by atoms with Gasteiger partial charge in [0.15, 0.2) is 0 Å². The second-order valence-corrected chi connectivity index (χ2v) is 7.31. The molecule has 4 rings (SSSR count). The summed E-state index contributed by atoms with van der Waals surface area (Å²) in [6.45, 7) is 1.75. The molecule has 2 aliphatic rings. The lowest BCUT2D eigenvalue weighted by Crippen LogP contribution is -2.56. The van der Waals surface area contributed by atoms with Gasteiger partial charge in [0.1, 0.15) is 0 Å². The minimum atomic E-state index is -0.0696. The second-order valence-electron chi connectivity index (χ2n) is 7.31. The minimum Gasteiger partial charge on any atom is -0.341 e. The quantitative estimate of drug-likeness (QED) is 0.769. The van der Waals surface area contributed by atoms with Crippen LogP contribution in [-0.4, -0.2) is 64.3 Å². The summed E-state index contributed by atoms with van der Waals surface area (Å²) in [6.07, 6.45) is 3.93. The number of H-pyrrole nitrogens is 1. The van der Waals surface area contributed by atoms with Crippen molar-refractivity contribution in [3.05, 3.63) is 30.0 Å². The summed E-state index contributed by atoms with van der Waals surface area (Å²) in [5.74, 6) is 0. The lowest BCUT2D eigenvalue weighted by atomic mass is 10.0. The largest absolute Gasteiger partial charge is 0.341 e. The molecule has 2 heterocycles. The van der Waals surface area contributed by atoms with Crippen LogP contribution in [0.1, 0.15) is 31.4 Å². The molecular formula is C19H26N6O2. The second kappa shape index (κ2) is 7.46. The Balaban J connectivity index is 1.43. The highest BCUT2D eigenvalue weighted by molar-refractivity contribution is 5.82. The summed E-state index contributed by atoms with van der Waals surface area (Å²) >= 11 is 0. The van der Waals surface area contributed by atoms with Gasteiger partial charge in [-0.3, -0.25) is 5.10 Å². The van der Waals surface area contributed by atoms with Crippen LogP contribution < -0.4 is 10.6 Å². The molecule has 0 unspecified atom stereocenters. The smallest absolute Gasteiger partial charge is 0.318 e. The maximum atomic E-state index is 13.0. The molecule has 8 nitrogen and oxygen atoms in total. The van der Waals surface area contributed by atoms with Crippen LogP contribution in [0.3, 0.4) is 0 Å². The van der Waals surface area contributed by atoms with Crippen molar-refractivity contribution >= 4 is 23.0 Å². The van der Waals surface area contributed by atoms with E-state index in [1.807, 2.05) is 29.2 Å². The number of rotatable bonds is 4. The van der Waals surface area contributed by atoms with Gasteiger partial charge in [-0.15, -0.1) is 0 Å². The number of fused-ring (bicyclic) bond motifs is 1. The van der Waals surface area contributed by atoms with Gasteiger partial charge in [-0.25, -0.2) is 9.59 Å². The van der Waals surface area contributed by atoms with E-state index >= 15 is 0 Å². The molecule has 144 valence electrons. The van der Waals surface area contributed by atoms with Gasteiger partial charge in [0.25, 0.3) is 0 Å². The topological polar surface area (TPSA) is 93.4 Å². The van der Waals surface area contributed by atoms with E-state index in [0.717, 1.165) is 48.8 Å². The van der Waals surface area contributed by atoms with Crippen LogP contribution in [-0.2, 0) is 6.54 Å².